The topological polar surface area (TPSA) is 474 Å². The van der Waals surface area contributed by atoms with Crippen molar-refractivity contribution in [2.75, 3.05) is 13.1 Å². The van der Waals surface area contributed by atoms with Crippen molar-refractivity contribution in [3.8, 4) is 51.4 Å². The monoisotopic (exact) mass is 1880 g/mol. The van der Waals surface area contributed by atoms with E-state index in [9.17, 15) is 72.9 Å². The van der Waals surface area contributed by atoms with Gasteiger partial charge in [-0.05, 0) is 260 Å². The zero-order chi connectivity index (χ0) is 101. The minimum atomic E-state index is -1.92. The van der Waals surface area contributed by atoms with Crippen LogP contribution < -0.4 is 36.8 Å². The molecule has 136 heavy (non-hydrogen) atoms. The number of cyclic esters (lactones) is 3. The Morgan fingerprint density at radius 2 is 0.743 bits per heavy atom. The summed E-state index contributed by atoms with van der Waals surface area (Å²) in [5.41, 5.74) is 2.37. The molecule has 6 aromatic heterocycles. The first-order chi connectivity index (χ1) is 63.2. The molecule has 730 valence electrons. The Kier molecular flexibility index (Phi) is 29.7. The van der Waals surface area contributed by atoms with Gasteiger partial charge in [-0.3, -0.25) is 19.2 Å². The number of carbonyl (C=O) groups is 9. The maximum Gasteiger partial charge on any atom is 0.514 e. The first kappa shape index (κ1) is 103. The van der Waals surface area contributed by atoms with Crippen molar-refractivity contribution in [3.63, 3.8) is 0 Å². The Labute approximate surface area is 785 Å². The van der Waals surface area contributed by atoms with E-state index in [1.165, 1.54) is 0 Å². The normalized spacial score (nSPS) is 17.2. The number of phenols is 1. The molecule has 6 aliphatic rings. The van der Waals surface area contributed by atoms with Crippen LogP contribution in [0.5, 0.6) is 17.2 Å². The van der Waals surface area contributed by atoms with E-state index in [0.29, 0.717) is 94.4 Å². The minimum Gasteiger partial charge on any atom is -0.508 e. The van der Waals surface area contributed by atoms with Gasteiger partial charge in [0, 0.05) is 56.1 Å². The predicted octanol–water partition coefficient (Wildman–Crippen LogP) is 15.0. The number of hydrogen-bond donors (Lipinski definition) is 6. The molecule has 6 N–H and O–H groups in total. The van der Waals surface area contributed by atoms with Crippen LogP contribution in [0.25, 0.3) is 66.9 Å². The molecule has 2 amide bonds. The van der Waals surface area contributed by atoms with E-state index in [4.69, 9.17) is 76.9 Å². The van der Waals surface area contributed by atoms with Gasteiger partial charge < -0.3 is 102 Å². The van der Waals surface area contributed by atoms with Gasteiger partial charge in [-0.15, -0.1) is 0 Å². The molecule has 36 nitrogen and oxygen atoms in total. The maximum absolute atomic E-state index is 14.0. The quantitative estimate of drug-likeness (QED) is 0.0355. The summed E-state index contributed by atoms with van der Waals surface area (Å²) < 4.78 is 67.5. The van der Waals surface area contributed by atoms with Gasteiger partial charge in [0.25, 0.3) is 16.7 Å². The van der Waals surface area contributed by atoms with E-state index >= 15 is 0 Å². The van der Waals surface area contributed by atoms with Gasteiger partial charge in [-0.25, -0.2) is 53.3 Å². The number of nitrogens with one attached hydrogen (secondary N) is 2. The number of carbonyl (C=O) groups excluding carboxylic acids is 9. The van der Waals surface area contributed by atoms with Gasteiger partial charge in [0.1, 0.15) is 77.2 Å². The van der Waals surface area contributed by atoms with E-state index in [1.54, 1.807) is 239 Å². The third-order valence-electron chi connectivity index (χ3n) is 22.3. The number of aromatic hydroxyl groups is 1. The highest BCUT2D eigenvalue weighted by molar-refractivity contribution is 5.95. The van der Waals surface area contributed by atoms with E-state index in [2.05, 4.69) is 10.6 Å². The van der Waals surface area contributed by atoms with Crippen LogP contribution in [-0.2, 0) is 142 Å². The van der Waals surface area contributed by atoms with Gasteiger partial charge in [-0.1, -0.05) is 41.5 Å². The van der Waals surface area contributed by atoms with Crippen LogP contribution in [0.3, 0.4) is 0 Å². The molecule has 6 aliphatic heterocycles. The lowest BCUT2D eigenvalue weighted by Gasteiger charge is -2.35. The highest BCUT2D eigenvalue weighted by Gasteiger charge is 2.52. The first-order valence-electron chi connectivity index (χ1n) is 45.1. The molecule has 0 saturated heterocycles. The zero-order valence-corrected chi connectivity index (χ0v) is 81.7. The molecule has 0 fully saturated rings. The average molecular weight is 1880 g/mol. The third-order valence-corrected chi connectivity index (χ3v) is 22.3. The number of nitrogens with zero attached hydrogens (tertiary/aromatic N) is 6. The molecule has 12 heterocycles. The van der Waals surface area contributed by atoms with Gasteiger partial charge in [0.05, 0.1) is 93.1 Å². The number of amides is 2. The largest absolute Gasteiger partial charge is 0.514 e. The fourth-order valence-corrected chi connectivity index (χ4v) is 16.4. The second-order valence-electron chi connectivity index (χ2n) is 39.5. The smallest absolute Gasteiger partial charge is 0.508 e. The first-order valence-corrected chi connectivity index (χ1v) is 45.1. The lowest BCUT2D eigenvalue weighted by molar-refractivity contribution is -0.188. The van der Waals surface area contributed by atoms with Crippen LogP contribution in [0.15, 0.2) is 87.2 Å². The van der Waals surface area contributed by atoms with Crippen LogP contribution in [0.2, 0.25) is 0 Å². The van der Waals surface area contributed by atoms with E-state index < -0.39 is 123 Å². The zero-order valence-electron chi connectivity index (χ0n) is 81.7. The number of hydrogen-bond acceptors (Lipinski definition) is 31. The van der Waals surface area contributed by atoms with Crippen LogP contribution >= 0.6 is 0 Å². The standard InChI is InChI=1S/C34H39N3O10.C27H28N2O7.C22H20N2O5.C9H18O3.C8H17NO3/c1-9-19-20-13-18(44-31(42)47-33(6,7)8)11-12-24(20)36-27-21(19)16-37-25(27)14-23-22(28(37)39)17-43-29(40)34(23,10-2)45-26(38)15-35-30(41)46-32(3,4)5;1-6-15-16-10-14(35-25(32)36-26(3,4)5)8-9-20(16)28-22-17(15)12-29-21(22)11-19-18(23(29)30)13-34-24(31)27(19,33)7-2;1-3-12-13-7-11(25)5-6-17(13)23-19-14(12)9-24-18(19)8-16-15(20(24)26)10-29-21(27)22(16,28)4-2;1-8(2,3)11-7(10)12-9(4,5)6;1-6(10)5-9-7(11)12-8(2,3)4/h11-14H,9-10,15-17H2,1-8H3,(H,35,41);8-11,33H,6-7,12-13H2,1-5H3;5-8,25,28H,3-4,9-10H2,1-2H3;1-6H3;6,10H,5H2,1-4H3,(H,9,11)/t34-;27-;22-;;/m000../s1. The molecule has 0 bridgehead atoms. The molecule has 0 saturated carbocycles. The number of esters is 4. The lowest BCUT2D eigenvalue weighted by atomic mass is 9.85. The van der Waals surface area contributed by atoms with E-state index in [0.717, 1.165) is 55.1 Å². The Hall–Kier alpha value is -13.4. The molecule has 1 unspecified atom stereocenters. The number of ether oxygens (including phenoxy) is 12. The fourth-order valence-electron chi connectivity index (χ4n) is 16.4. The molecule has 15 rings (SSSR count). The van der Waals surface area contributed by atoms with Crippen molar-refractivity contribution < 1.29 is 120 Å². The SMILES string of the molecule is CC(C)(C)OC(=O)OC(C)(C)C.CC(O)CNC(=O)OC(C)(C)C.CCc1c2c(nc3ccc(O)cc13)-c1cc3c(c(=O)n1C2)COC(=O)[C@]3(O)CC.CCc1c2c(nc3ccc(OC(=O)OC(C)(C)C)cc13)-c1cc3c(c(=O)n1C2)COC(=O)[C@@]3(CC)OC(=O)CNC(=O)OC(C)(C)C.CCc1c2c(nc3ccc(OC(=O)OC(C)(C)C)cc13)-c1cc3c(c(=O)n1C2)COC(=O)[C@]3(O)CC. The second kappa shape index (κ2) is 39.2. The maximum atomic E-state index is 14.0. The summed E-state index contributed by atoms with van der Waals surface area (Å²) in [6, 6.07) is 20.3. The molecule has 4 atom stereocenters. The molecular weight excluding hydrogens is 1760 g/mol. The molecule has 0 radical (unpaired) electrons. The van der Waals surface area contributed by atoms with Crippen molar-refractivity contribution in [1.29, 1.82) is 0 Å². The molecule has 36 heteroatoms. The lowest BCUT2D eigenvalue weighted by Crippen LogP contribution is -2.49. The van der Waals surface area contributed by atoms with Crippen LogP contribution in [-0.4, -0.2) is 156 Å². The van der Waals surface area contributed by atoms with Crippen LogP contribution in [0, 0.1) is 0 Å². The Morgan fingerprint density at radius 1 is 0.419 bits per heavy atom. The highest BCUT2D eigenvalue weighted by Crippen LogP contribution is 2.47. The number of phenolic OH excluding ortho intramolecular Hbond substituents is 1. The number of aryl methyl sites for hydroxylation is 3. The molecular formula is C100H122N8O28. The van der Waals surface area contributed by atoms with Crippen LogP contribution in [0.4, 0.5) is 24.0 Å². The highest BCUT2D eigenvalue weighted by atomic mass is 16.8. The van der Waals surface area contributed by atoms with Gasteiger partial charge >= 0.3 is 54.5 Å². The van der Waals surface area contributed by atoms with E-state index in [1.807, 2.05) is 20.8 Å². The third kappa shape index (κ3) is 22.6. The number of alkyl carbamates (subject to hydrolysis) is 2. The fraction of sp³-hybridized carbons (Fsp3) is 0.490. The molecule has 0 aliphatic carbocycles. The molecule has 3 aromatic carbocycles. The van der Waals surface area contributed by atoms with Gasteiger partial charge in [0.15, 0.2) is 11.2 Å². The van der Waals surface area contributed by atoms with Crippen molar-refractivity contribution in [2.24, 2.45) is 0 Å². The van der Waals surface area contributed by atoms with Crippen molar-refractivity contribution in [3.05, 3.63) is 171 Å². The number of pyridine rings is 6. The average Bonchev–Trinajstić information content (AvgIpc) is 1.48. The Balaban J connectivity index is 0.000000177. The number of rotatable bonds is 13. The van der Waals surface area contributed by atoms with Crippen molar-refractivity contribution in [1.82, 2.24) is 39.3 Å². The number of aliphatic hydroxyl groups is 3. The number of aliphatic hydroxyl groups excluding tert-OH is 1. The summed E-state index contributed by atoms with van der Waals surface area (Å²) in [5.74, 6) is -2.42. The van der Waals surface area contributed by atoms with E-state index in [-0.39, 0.29) is 97.0 Å². The summed E-state index contributed by atoms with van der Waals surface area (Å²) in [5, 5.41) is 47.9. The second-order valence-corrected chi connectivity index (χ2v) is 39.5. The summed E-state index contributed by atoms with van der Waals surface area (Å²) in [7, 11) is 0. The Bertz CT molecular complexity index is 6460. The molecule has 9 aromatic rings. The Morgan fingerprint density at radius 3 is 1.08 bits per heavy atom. The summed E-state index contributed by atoms with van der Waals surface area (Å²) in [6.45, 7) is 44.3. The van der Waals surface area contributed by atoms with Crippen LogP contribution in [0.1, 0.15) is 259 Å². The predicted molar refractivity (Wildman–Crippen MR) is 498 cm³/mol. The molecule has 0 spiro atoms. The summed E-state index contributed by atoms with van der Waals surface area (Å²) in [4.78, 5) is 165. The summed E-state index contributed by atoms with van der Waals surface area (Å²) in [6.07, 6.45) is -1.98. The number of benzene rings is 3. The van der Waals surface area contributed by atoms with Crippen molar-refractivity contribution >= 4 is 87.2 Å². The number of aromatic nitrogens is 6. The minimum absolute atomic E-state index is 0.0292. The van der Waals surface area contributed by atoms with Gasteiger partial charge in [0.2, 0.25) is 5.60 Å². The van der Waals surface area contributed by atoms with Crippen molar-refractivity contribution in [2.45, 2.75) is 308 Å². The van der Waals surface area contributed by atoms with Gasteiger partial charge in [-0.2, -0.15) is 0 Å². The number of fused-ring (bicyclic) bond motifs is 15. The summed E-state index contributed by atoms with van der Waals surface area (Å²) >= 11 is 0.